The van der Waals surface area contributed by atoms with E-state index in [9.17, 15) is 4.79 Å². The number of carbonyl (C=O) groups excluding carboxylic acids is 1. The Bertz CT molecular complexity index is 678. The van der Waals surface area contributed by atoms with Gasteiger partial charge in [-0.3, -0.25) is 4.79 Å². The summed E-state index contributed by atoms with van der Waals surface area (Å²) in [4.78, 5) is 13.9. The molecule has 0 saturated carbocycles. The van der Waals surface area contributed by atoms with E-state index in [1.165, 1.54) is 22.0 Å². The van der Waals surface area contributed by atoms with Crippen molar-refractivity contribution in [2.45, 2.75) is 31.2 Å². The molecule has 0 bridgehead atoms. The van der Waals surface area contributed by atoms with Gasteiger partial charge in [-0.15, -0.1) is 10.2 Å². The summed E-state index contributed by atoms with van der Waals surface area (Å²) >= 11 is 1.35. The number of thioether (sulfide) groups is 1. The standard InChI is InChI=1S/C16H23N5OS/c1-10(2)13(15(22)20(4)5)23-16-19-18-14(21(16)17)12-8-6-11(3)7-9-12/h6-10,13H,17H2,1-5H3/t13-/m0/s1. The number of nitrogen functional groups attached to an aromatic ring is 1. The third kappa shape index (κ3) is 3.85. The van der Waals surface area contributed by atoms with Gasteiger partial charge in [-0.05, 0) is 12.8 Å². The number of amides is 1. The molecule has 0 fully saturated rings. The van der Waals surface area contributed by atoms with Gasteiger partial charge in [0.2, 0.25) is 11.1 Å². The van der Waals surface area contributed by atoms with Crippen molar-refractivity contribution in [1.29, 1.82) is 0 Å². The summed E-state index contributed by atoms with van der Waals surface area (Å²) in [7, 11) is 3.51. The molecule has 0 radical (unpaired) electrons. The highest BCUT2D eigenvalue weighted by molar-refractivity contribution is 8.00. The predicted octanol–water partition coefficient (Wildman–Crippen LogP) is 2.17. The summed E-state index contributed by atoms with van der Waals surface area (Å²) in [5.41, 5.74) is 2.07. The van der Waals surface area contributed by atoms with Crippen molar-refractivity contribution in [3.8, 4) is 11.4 Å². The fourth-order valence-corrected chi connectivity index (χ4v) is 3.20. The molecule has 2 aromatic rings. The number of hydrogen-bond acceptors (Lipinski definition) is 5. The average molecular weight is 333 g/mol. The third-order valence-corrected chi connectivity index (χ3v) is 4.99. The summed E-state index contributed by atoms with van der Waals surface area (Å²) in [6, 6.07) is 7.93. The van der Waals surface area contributed by atoms with Crippen molar-refractivity contribution in [3.63, 3.8) is 0 Å². The lowest BCUT2D eigenvalue weighted by Crippen LogP contribution is -2.35. The molecule has 1 aromatic carbocycles. The van der Waals surface area contributed by atoms with Crippen LogP contribution < -0.4 is 5.84 Å². The molecule has 2 N–H and O–H groups in total. The second-order valence-electron chi connectivity index (χ2n) is 6.06. The highest BCUT2D eigenvalue weighted by Gasteiger charge is 2.27. The van der Waals surface area contributed by atoms with E-state index in [2.05, 4.69) is 10.2 Å². The van der Waals surface area contributed by atoms with Crippen LogP contribution in [0.4, 0.5) is 0 Å². The van der Waals surface area contributed by atoms with E-state index in [-0.39, 0.29) is 17.1 Å². The van der Waals surface area contributed by atoms with Crippen LogP contribution in [0.2, 0.25) is 0 Å². The van der Waals surface area contributed by atoms with E-state index >= 15 is 0 Å². The quantitative estimate of drug-likeness (QED) is 0.670. The summed E-state index contributed by atoms with van der Waals surface area (Å²) in [6.07, 6.45) is 0. The minimum atomic E-state index is -0.248. The number of aromatic nitrogens is 3. The number of benzene rings is 1. The van der Waals surface area contributed by atoms with Gasteiger partial charge in [0.25, 0.3) is 0 Å². The lowest BCUT2D eigenvalue weighted by Gasteiger charge is -2.22. The van der Waals surface area contributed by atoms with Crippen molar-refractivity contribution in [2.24, 2.45) is 5.92 Å². The number of hydrogen-bond donors (Lipinski definition) is 1. The average Bonchev–Trinajstić information content (AvgIpc) is 2.85. The Morgan fingerprint density at radius 3 is 2.35 bits per heavy atom. The van der Waals surface area contributed by atoms with Crippen molar-refractivity contribution >= 4 is 17.7 Å². The SMILES string of the molecule is Cc1ccc(-c2nnc(S[C@H](C(=O)N(C)C)C(C)C)n2N)cc1. The Morgan fingerprint density at radius 1 is 1.22 bits per heavy atom. The summed E-state index contributed by atoms with van der Waals surface area (Å²) < 4.78 is 1.45. The van der Waals surface area contributed by atoms with Gasteiger partial charge in [0.1, 0.15) is 0 Å². The zero-order valence-electron chi connectivity index (χ0n) is 14.1. The monoisotopic (exact) mass is 333 g/mol. The number of carbonyl (C=O) groups is 1. The van der Waals surface area contributed by atoms with Gasteiger partial charge in [-0.2, -0.15) is 0 Å². The Kier molecular flexibility index (Phi) is 5.30. The molecule has 0 unspecified atom stereocenters. The molecule has 6 nitrogen and oxygen atoms in total. The zero-order chi connectivity index (χ0) is 17.1. The van der Waals surface area contributed by atoms with Crippen molar-refractivity contribution in [3.05, 3.63) is 29.8 Å². The zero-order valence-corrected chi connectivity index (χ0v) is 15.0. The maximum Gasteiger partial charge on any atom is 0.235 e. The molecular weight excluding hydrogens is 310 g/mol. The molecule has 1 atom stereocenters. The van der Waals surface area contributed by atoms with Crippen LogP contribution in [0.15, 0.2) is 29.4 Å². The second kappa shape index (κ2) is 7.04. The van der Waals surface area contributed by atoms with Crippen LogP contribution >= 0.6 is 11.8 Å². The Morgan fingerprint density at radius 2 is 1.83 bits per heavy atom. The number of nitrogens with two attached hydrogens (primary N) is 1. The second-order valence-corrected chi connectivity index (χ2v) is 7.17. The van der Waals surface area contributed by atoms with Gasteiger partial charge in [0.05, 0.1) is 5.25 Å². The normalized spacial score (nSPS) is 12.4. The van der Waals surface area contributed by atoms with E-state index in [1.807, 2.05) is 45.0 Å². The minimum Gasteiger partial charge on any atom is -0.348 e. The van der Waals surface area contributed by atoms with Crippen LogP contribution in [0.5, 0.6) is 0 Å². The van der Waals surface area contributed by atoms with E-state index in [1.54, 1.807) is 19.0 Å². The smallest absolute Gasteiger partial charge is 0.235 e. The van der Waals surface area contributed by atoms with E-state index in [0.717, 1.165) is 5.56 Å². The highest BCUT2D eigenvalue weighted by atomic mass is 32.2. The molecule has 2 rings (SSSR count). The lowest BCUT2D eigenvalue weighted by molar-refractivity contribution is -0.128. The summed E-state index contributed by atoms with van der Waals surface area (Å²) in [6.45, 7) is 6.05. The third-order valence-electron chi connectivity index (χ3n) is 3.50. The topological polar surface area (TPSA) is 77.0 Å². The molecule has 0 aliphatic heterocycles. The van der Waals surface area contributed by atoms with Crippen LogP contribution in [0, 0.1) is 12.8 Å². The van der Waals surface area contributed by atoms with Gasteiger partial charge in [0.15, 0.2) is 5.82 Å². The number of rotatable bonds is 5. The minimum absolute atomic E-state index is 0.0462. The molecule has 0 aliphatic rings. The van der Waals surface area contributed by atoms with Crippen LogP contribution in [0.1, 0.15) is 19.4 Å². The van der Waals surface area contributed by atoms with Crippen LogP contribution in [0.25, 0.3) is 11.4 Å². The van der Waals surface area contributed by atoms with Gasteiger partial charge in [-0.25, -0.2) is 4.68 Å². The summed E-state index contributed by atoms with van der Waals surface area (Å²) in [5.74, 6) is 6.94. The molecule has 0 aliphatic carbocycles. The van der Waals surface area contributed by atoms with Crippen molar-refractivity contribution in [2.75, 3.05) is 19.9 Å². The van der Waals surface area contributed by atoms with Gasteiger partial charge >= 0.3 is 0 Å². The predicted molar refractivity (Wildman–Crippen MR) is 93.5 cm³/mol. The van der Waals surface area contributed by atoms with Gasteiger partial charge < -0.3 is 10.7 Å². The highest BCUT2D eigenvalue weighted by Crippen LogP contribution is 2.29. The molecule has 23 heavy (non-hydrogen) atoms. The summed E-state index contributed by atoms with van der Waals surface area (Å²) in [5, 5.41) is 8.62. The fourth-order valence-electron chi connectivity index (χ4n) is 2.10. The molecule has 1 amide bonds. The van der Waals surface area contributed by atoms with E-state index < -0.39 is 0 Å². The Hall–Kier alpha value is -2.02. The van der Waals surface area contributed by atoms with Gasteiger partial charge in [-0.1, -0.05) is 55.4 Å². The molecular formula is C16H23N5OS. The Labute approximate surface area is 141 Å². The maximum absolute atomic E-state index is 12.3. The maximum atomic E-state index is 12.3. The van der Waals surface area contributed by atoms with Crippen LogP contribution in [0.3, 0.4) is 0 Å². The fraction of sp³-hybridized carbons (Fsp3) is 0.438. The first kappa shape index (κ1) is 17.3. The van der Waals surface area contributed by atoms with E-state index in [0.29, 0.717) is 11.0 Å². The van der Waals surface area contributed by atoms with Crippen molar-refractivity contribution in [1.82, 2.24) is 19.8 Å². The Balaban J connectivity index is 2.27. The molecule has 1 aromatic heterocycles. The van der Waals surface area contributed by atoms with Crippen LogP contribution in [-0.4, -0.2) is 45.0 Å². The number of aryl methyl sites for hydroxylation is 1. The molecule has 0 spiro atoms. The molecule has 124 valence electrons. The molecule has 1 heterocycles. The first-order valence-corrected chi connectivity index (χ1v) is 8.34. The lowest BCUT2D eigenvalue weighted by atomic mass is 10.1. The molecule has 7 heteroatoms. The van der Waals surface area contributed by atoms with Crippen LogP contribution in [-0.2, 0) is 4.79 Å². The molecule has 0 saturated heterocycles. The number of nitrogens with zero attached hydrogens (tertiary/aromatic N) is 4. The first-order valence-electron chi connectivity index (χ1n) is 7.46. The van der Waals surface area contributed by atoms with Crippen molar-refractivity contribution < 1.29 is 4.79 Å². The van der Waals surface area contributed by atoms with E-state index in [4.69, 9.17) is 5.84 Å². The first-order chi connectivity index (χ1) is 10.8. The largest absolute Gasteiger partial charge is 0.348 e. The van der Waals surface area contributed by atoms with Gasteiger partial charge in [0, 0.05) is 19.7 Å².